The molecule has 1 aromatic carbocycles. The van der Waals surface area contributed by atoms with Crippen molar-refractivity contribution in [2.75, 3.05) is 18.9 Å². The Balaban J connectivity index is 1.40. The maximum atomic E-state index is 11.9. The molecule has 2 heterocycles. The number of aromatic nitrogens is 4. The van der Waals surface area contributed by atoms with Gasteiger partial charge in [-0.1, -0.05) is 23.4 Å². The monoisotopic (exact) mass is 363 g/mol. The van der Waals surface area contributed by atoms with Gasteiger partial charge in [0, 0.05) is 5.02 Å². The Morgan fingerprint density at radius 1 is 1.25 bits per heavy atom. The number of benzene rings is 1. The first-order valence-electron chi connectivity index (χ1n) is 7.14. The summed E-state index contributed by atoms with van der Waals surface area (Å²) in [4.78, 5) is 27.1. The first-order chi connectivity index (χ1) is 11.7. The second kappa shape index (κ2) is 7.98. The lowest BCUT2D eigenvalue weighted by molar-refractivity contribution is -0.118. The first-order valence-corrected chi connectivity index (χ1v) is 8.50. The Morgan fingerprint density at radius 2 is 2.08 bits per heavy atom. The van der Waals surface area contributed by atoms with Crippen molar-refractivity contribution in [3.63, 3.8) is 0 Å². The molecule has 0 aliphatic carbocycles. The van der Waals surface area contributed by atoms with Gasteiger partial charge >= 0.3 is 0 Å². The highest BCUT2D eigenvalue weighted by molar-refractivity contribution is 8.00. The zero-order valence-electron chi connectivity index (χ0n) is 12.5. The number of nitrogens with one attached hydrogen (secondary N) is 2. The normalized spacial score (nSPS) is 10.7. The molecule has 2 N–H and O–H groups in total. The number of hydrogen-bond donors (Lipinski definition) is 2. The van der Waals surface area contributed by atoms with Crippen LogP contribution in [0.4, 0.5) is 0 Å². The molecule has 3 rings (SSSR count). The Kier molecular flexibility index (Phi) is 5.50. The molecule has 0 saturated carbocycles. The molecule has 7 nitrogen and oxygen atoms in total. The van der Waals surface area contributed by atoms with Crippen LogP contribution in [0.25, 0.3) is 11.2 Å². The van der Waals surface area contributed by atoms with Crippen LogP contribution in [0, 0.1) is 0 Å². The number of fused-ring (bicyclic) bond motifs is 1. The van der Waals surface area contributed by atoms with Crippen molar-refractivity contribution in [1.82, 2.24) is 25.3 Å². The van der Waals surface area contributed by atoms with Crippen LogP contribution in [0.3, 0.4) is 0 Å². The Bertz CT molecular complexity index is 824. The number of thioether (sulfide) groups is 1. The second-order valence-corrected chi connectivity index (χ2v) is 6.12. The van der Waals surface area contributed by atoms with Crippen molar-refractivity contribution in [3.05, 3.63) is 41.9 Å². The number of H-pyrrole nitrogens is 1. The minimum atomic E-state index is -0.0917. The molecular weight excluding hydrogens is 350 g/mol. The second-order valence-electron chi connectivity index (χ2n) is 4.72. The van der Waals surface area contributed by atoms with E-state index in [2.05, 4.69) is 25.3 Å². The Labute approximate surface area is 147 Å². The number of halogens is 1. The van der Waals surface area contributed by atoms with Crippen LogP contribution in [0.15, 0.2) is 41.9 Å². The number of hydrogen-bond acceptors (Lipinski definition) is 6. The fraction of sp³-hybridized carbons (Fsp3) is 0.200. The summed E-state index contributed by atoms with van der Waals surface area (Å²) in [5.41, 5.74) is 1.32. The highest BCUT2D eigenvalue weighted by atomic mass is 35.5. The van der Waals surface area contributed by atoms with Gasteiger partial charge in [0.2, 0.25) is 5.91 Å². The van der Waals surface area contributed by atoms with E-state index in [1.165, 1.54) is 18.1 Å². The summed E-state index contributed by atoms with van der Waals surface area (Å²) in [5, 5.41) is 4.15. The van der Waals surface area contributed by atoms with Crippen LogP contribution in [0.1, 0.15) is 0 Å². The fourth-order valence-corrected chi connectivity index (χ4v) is 2.84. The quantitative estimate of drug-likeness (QED) is 0.380. The molecule has 0 saturated heterocycles. The third-order valence-electron chi connectivity index (χ3n) is 3.03. The molecule has 1 amide bonds. The molecule has 9 heteroatoms. The molecule has 0 atom stereocenters. The van der Waals surface area contributed by atoms with Gasteiger partial charge in [-0.15, -0.1) is 0 Å². The number of carbonyl (C=O) groups is 1. The van der Waals surface area contributed by atoms with E-state index >= 15 is 0 Å². The van der Waals surface area contributed by atoms with E-state index in [4.69, 9.17) is 16.3 Å². The zero-order chi connectivity index (χ0) is 16.8. The predicted octanol–water partition coefficient (Wildman–Crippen LogP) is 2.29. The average molecular weight is 364 g/mol. The number of amides is 1. The van der Waals surface area contributed by atoms with Crippen molar-refractivity contribution in [1.29, 1.82) is 0 Å². The third kappa shape index (κ3) is 4.36. The largest absolute Gasteiger partial charge is 0.492 e. The predicted molar refractivity (Wildman–Crippen MR) is 92.4 cm³/mol. The molecule has 3 aromatic rings. The zero-order valence-corrected chi connectivity index (χ0v) is 14.1. The summed E-state index contributed by atoms with van der Waals surface area (Å²) >= 11 is 7.13. The van der Waals surface area contributed by atoms with E-state index in [9.17, 15) is 4.79 Å². The van der Waals surface area contributed by atoms with Gasteiger partial charge in [0.1, 0.15) is 29.2 Å². The smallest absolute Gasteiger partial charge is 0.230 e. The van der Waals surface area contributed by atoms with E-state index in [1.54, 1.807) is 30.6 Å². The van der Waals surface area contributed by atoms with Gasteiger partial charge in [-0.25, -0.2) is 15.0 Å². The standard InChI is InChI=1S/C15H14ClN5O2S/c16-10-1-3-11(4-2-10)23-6-5-17-12(22)7-24-15-13-14(19-8-18-13)20-9-21-15/h1-4,8-9H,5-7H2,(H,17,22)(H,18,19,20,21). The van der Waals surface area contributed by atoms with Gasteiger partial charge in [0.25, 0.3) is 0 Å². The molecule has 0 bridgehead atoms. The van der Waals surface area contributed by atoms with Crippen molar-refractivity contribution < 1.29 is 9.53 Å². The van der Waals surface area contributed by atoms with Gasteiger partial charge in [0.05, 0.1) is 18.6 Å². The maximum Gasteiger partial charge on any atom is 0.230 e. The molecule has 124 valence electrons. The first kappa shape index (κ1) is 16.5. The number of rotatable bonds is 7. The summed E-state index contributed by atoms with van der Waals surface area (Å²) in [5.74, 6) is 0.878. The van der Waals surface area contributed by atoms with Crippen molar-refractivity contribution >= 4 is 40.4 Å². The van der Waals surface area contributed by atoms with Gasteiger partial charge in [0.15, 0.2) is 5.65 Å². The highest BCUT2D eigenvalue weighted by Crippen LogP contribution is 2.21. The number of nitrogens with zero attached hydrogens (tertiary/aromatic N) is 3. The van der Waals surface area contributed by atoms with Crippen LogP contribution in [0.5, 0.6) is 5.75 Å². The Morgan fingerprint density at radius 3 is 2.92 bits per heavy atom. The number of aromatic amines is 1. The molecule has 0 radical (unpaired) electrons. The minimum Gasteiger partial charge on any atom is -0.492 e. The van der Waals surface area contributed by atoms with Gasteiger partial charge in [-0.3, -0.25) is 4.79 Å². The van der Waals surface area contributed by atoms with E-state index in [0.29, 0.717) is 34.6 Å². The number of imidazole rings is 1. The van der Waals surface area contributed by atoms with E-state index in [0.717, 1.165) is 5.52 Å². The van der Waals surface area contributed by atoms with Crippen LogP contribution in [0.2, 0.25) is 5.02 Å². The topological polar surface area (TPSA) is 92.8 Å². The maximum absolute atomic E-state index is 11.9. The van der Waals surface area contributed by atoms with Gasteiger partial charge in [-0.2, -0.15) is 0 Å². The summed E-state index contributed by atoms with van der Waals surface area (Å²) in [6.07, 6.45) is 2.99. The van der Waals surface area contributed by atoms with E-state index in [-0.39, 0.29) is 11.7 Å². The van der Waals surface area contributed by atoms with Crippen LogP contribution in [-0.2, 0) is 4.79 Å². The van der Waals surface area contributed by atoms with Crippen molar-refractivity contribution in [2.45, 2.75) is 5.03 Å². The van der Waals surface area contributed by atoms with Crippen LogP contribution < -0.4 is 10.1 Å². The molecule has 0 aliphatic heterocycles. The summed E-state index contributed by atoms with van der Waals surface area (Å²) in [6.45, 7) is 0.807. The summed E-state index contributed by atoms with van der Waals surface area (Å²) in [7, 11) is 0. The van der Waals surface area contributed by atoms with E-state index in [1.807, 2.05) is 0 Å². The highest BCUT2D eigenvalue weighted by Gasteiger charge is 2.09. The molecule has 24 heavy (non-hydrogen) atoms. The summed E-state index contributed by atoms with van der Waals surface area (Å²) < 4.78 is 5.51. The van der Waals surface area contributed by atoms with E-state index < -0.39 is 0 Å². The average Bonchev–Trinajstić information content (AvgIpc) is 3.07. The lowest BCUT2D eigenvalue weighted by Crippen LogP contribution is -2.29. The molecule has 0 aliphatic rings. The van der Waals surface area contributed by atoms with Crippen molar-refractivity contribution in [2.24, 2.45) is 0 Å². The van der Waals surface area contributed by atoms with Crippen LogP contribution in [-0.4, -0.2) is 44.7 Å². The minimum absolute atomic E-state index is 0.0917. The molecule has 2 aromatic heterocycles. The summed E-state index contributed by atoms with van der Waals surface area (Å²) in [6, 6.07) is 7.07. The molecule has 0 spiro atoms. The SMILES string of the molecule is O=C(CSc1ncnc2nc[nH]c12)NCCOc1ccc(Cl)cc1. The number of carbonyl (C=O) groups excluding carboxylic acids is 1. The van der Waals surface area contributed by atoms with Crippen LogP contribution >= 0.6 is 23.4 Å². The Hall–Kier alpha value is -2.32. The molecule has 0 unspecified atom stereocenters. The lowest BCUT2D eigenvalue weighted by Gasteiger charge is -2.07. The number of ether oxygens (including phenoxy) is 1. The lowest BCUT2D eigenvalue weighted by atomic mass is 10.3. The molecular formula is C15H14ClN5O2S. The van der Waals surface area contributed by atoms with Crippen molar-refractivity contribution in [3.8, 4) is 5.75 Å². The third-order valence-corrected chi connectivity index (χ3v) is 4.28. The van der Waals surface area contributed by atoms with Gasteiger partial charge < -0.3 is 15.0 Å². The molecule has 0 fully saturated rings. The fourth-order valence-electron chi connectivity index (χ4n) is 1.93. The van der Waals surface area contributed by atoms with Gasteiger partial charge in [-0.05, 0) is 24.3 Å².